The molecule has 8 heteroatoms. The fourth-order valence-electron chi connectivity index (χ4n) is 1.88. The minimum absolute atomic E-state index is 0.0658. The van der Waals surface area contributed by atoms with E-state index in [4.69, 9.17) is 0 Å². The van der Waals surface area contributed by atoms with Gasteiger partial charge in [0.15, 0.2) is 11.7 Å². The summed E-state index contributed by atoms with van der Waals surface area (Å²) < 4.78 is 39.8. The molecule has 126 valence electrons. The highest BCUT2D eigenvalue weighted by molar-refractivity contribution is 5.79. The Bertz CT molecular complexity index is 491. The van der Waals surface area contributed by atoms with Crippen LogP contribution in [-0.4, -0.2) is 28.8 Å². The number of alkyl halides is 3. The normalized spacial score (nSPS) is 12.8. The Hall–Kier alpha value is -1.73. The van der Waals surface area contributed by atoms with Gasteiger partial charge in [-0.3, -0.25) is 4.68 Å². The molecule has 0 aliphatic heterocycles. The maximum Gasteiger partial charge on any atom is 0.435 e. The standard InChI is InChI=1S/C14H24F3N5/c1-5-18-13(19-7-6-10(2)3)20-8-11-9-22(4)21-12(11)14(15,16)17/h9-10H,5-8H2,1-4H3,(H2,18,19,20). The van der Waals surface area contributed by atoms with Gasteiger partial charge in [0.2, 0.25) is 0 Å². The van der Waals surface area contributed by atoms with Crippen molar-refractivity contribution < 1.29 is 13.2 Å². The maximum atomic E-state index is 12.9. The summed E-state index contributed by atoms with van der Waals surface area (Å²) in [5.74, 6) is 1.06. The van der Waals surface area contributed by atoms with Crippen LogP contribution >= 0.6 is 0 Å². The van der Waals surface area contributed by atoms with Crippen molar-refractivity contribution in [1.82, 2.24) is 20.4 Å². The molecule has 22 heavy (non-hydrogen) atoms. The number of aryl methyl sites for hydroxylation is 1. The summed E-state index contributed by atoms with van der Waals surface area (Å²) >= 11 is 0. The molecule has 1 aromatic rings. The molecule has 0 saturated carbocycles. The van der Waals surface area contributed by atoms with Crippen LogP contribution in [-0.2, 0) is 19.8 Å². The molecule has 0 unspecified atom stereocenters. The van der Waals surface area contributed by atoms with E-state index in [1.807, 2.05) is 6.92 Å². The zero-order chi connectivity index (χ0) is 16.8. The number of hydrogen-bond acceptors (Lipinski definition) is 2. The van der Waals surface area contributed by atoms with Crippen molar-refractivity contribution in [2.45, 2.75) is 39.9 Å². The van der Waals surface area contributed by atoms with Gasteiger partial charge in [0.1, 0.15) is 0 Å². The Morgan fingerprint density at radius 2 is 2.05 bits per heavy atom. The van der Waals surface area contributed by atoms with Crippen molar-refractivity contribution in [3.8, 4) is 0 Å². The minimum Gasteiger partial charge on any atom is -0.357 e. The highest BCUT2D eigenvalue weighted by atomic mass is 19.4. The van der Waals surface area contributed by atoms with Crippen LogP contribution in [0.4, 0.5) is 13.2 Å². The molecule has 0 atom stereocenters. The van der Waals surface area contributed by atoms with Crippen LogP contribution in [0.5, 0.6) is 0 Å². The molecular formula is C14H24F3N5. The van der Waals surface area contributed by atoms with Gasteiger partial charge in [0.25, 0.3) is 0 Å². The number of halogens is 3. The molecule has 0 bridgehead atoms. The number of rotatable bonds is 6. The highest BCUT2D eigenvalue weighted by Crippen LogP contribution is 2.30. The van der Waals surface area contributed by atoms with Crippen LogP contribution in [0, 0.1) is 5.92 Å². The lowest BCUT2D eigenvalue weighted by Crippen LogP contribution is -2.38. The first kappa shape index (κ1) is 18.3. The lowest BCUT2D eigenvalue weighted by atomic mass is 10.1. The molecule has 1 rings (SSSR count). The fraction of sp³-hybridized carbons (Fsp3) is 0.714. The summed E-state index contributed by atoms with van der Waals surface area (Å²) in [6.07, 6.45) is -2.15. The van der Waals surface area contributed by atoms with Gasteiger partial charge < -0.3 is 10.6 Å². The molecule has 1 heterocycles. The predicted molar refractivity (Wildman–Crippen MR) is 80.5 cm³/mol. The molecule has 2 N–H and O–H groups in total. The zero-order valence-corrected chi connectivity index (χ0v) is 13.5. The molecule has 0 amide bonds. The van der Waals surface area contributed by atoms with Gasteiger partial charge in [0.05, 0.1) is 6.54 Å². The Balaban J connectivity index is 2.77. The second kappa shape index (κ2) is 8.05. The van der Waals surface area contributed by atoms with E-state index in [1.165, 1.54) is 13.2 Å². The largest absolute Gasteiger partial charge is 0.435 e. The van der Waals surface area contributed by atoms with Gasteiger partial charge >= 0.3 is 6.18 Å². The second-order valence-electron chi connectivity index (χ2n) is 5.48. The Labute approximate surface area is 129 Å². The third-order valence-corrected chi connectivity index (χ3v) is 2.94. The van der Waals surface area contributed by atoms with Gasteiger partial charge in [0, 0.05) is 31.9 Å². The molecule has 0 aromatic carbocycles. The number of aromatic nitrogens is 2. The monoisotopic (exact) mass is 319 g/mol. The molecule has 0 fully saturated rings. The molecule has 5 nitrogen and oxygen atoms in total. The Kier molecular flexibility index (Phi) is 6.70. The van der Waals surface area contributed by atoms with Crippen LogP contribution < -0.4 is 10.6 Å². The van der Waals surface area contributed by atoms with Crippen molar-refractivity contribution >= 4 is 5.96 Å². The first-order valence-electron chi connectivity index (χ1n) is 7.36. The van der Waals surface area contributed by atoms with Crippen molar-refractivity contribution in [2.24, 2.45) is 18.0 Å². The van der Waals surface area contributed by atoms with Crippen LogP contribution in [0.15, 0.2) is 11.2 Å². The quantitative estimate of drug-likeness (QED) is 0.626. The fourth-order valence-corrected chi connectivity index (χ4v) is 1.88. The Morgan fingerprint density at radius 3 is 2.59 bits per heavy atom. The summed E-state index contributed by atoms with van der Waals surface area (Å²) in [6.45, 7) is 7.42. The van der Waals surface area contributed by atoms with Gasteiger partial charge in [-0.1, -0.05) is 13.8 Å². The van der Waals surface area contributed by atoms with Crippen molar-refractivity contribution in [3.63, 3.8) is 0 Å². The number of nitrogens with zero attached hydrogens (tertiary/aromatic N) is 3. The summed E-state index contributed by atoms with van der Waals surface area (Å²) in [4.78, 5) is 4.21. The Morgan fingerprint density at radius 1 is 1.36 bits per heavy atom. The van der Waals surface area contributed by atoms with Gasteiger partial charge in [-0.25, -0.2) is 4.99 Å². The van der Waals surface area contributed by atoms with Crippen LogP contribution in [0.3, 0.4) is 0 Å². The van der Waals surface area contributed by atoms with E-state index in [0.29, 0.717) is 18.4 Å². The van der Waals surface area contributed by atoms with Crippen molar-refractivity contribution in [3.05, 3.63) is 17.5 Å². The average molecular weight is 319 g/mol. The molecule has 0 radical (unpaired) electrons. The van der Waals surface area contributed by atoms with E-state index in [9.17, 15) is 13.2 Å². The van der Waals surface area contributed by atoms with E-state index < -0.39 is 11.9 Å². The maximum absolute atomic E-state index is 12.9. The SMILES string of the molecule is CCNC(=NCc1cn(C)nc1C(F)(F)F)NCCC(C)C. The number of hydrogen-bond donors (Lipinski definition) is 2. The summed E-state index contributed by atoms with van der Waals surface area (Å²) in [5, 5.41) is 9.61. The van der Waals surface area contributed by atoms with Crippen LogP contribution in [0.2, 0.25) is 0 Å². The third-order valence-electron chi connectivity index (χ3n) is 2.94. The summed E-state index contributed by atoms with van der Waals surface area (Å²) in [7, 11) is 1.47. The average Bonchev–Trinajstić information content (AvgIpc) is 2.77. The van der Waals surface area contributed by atoms with Gasteiger partial charge in [-0.15, -0.1) is 0 Å². The molecule has 0 aliphatic carbocycles. The van der Waals surface area contributed by atoms with E-state index in [0.717, 1.165) is 17.6 Å². The molecular weight excluding hydrogens is 295 g/mol. The van der Waals surface area contributed by atoms with E-state index in [2.05, 4.69) is 34.6 Å². The first-order chi connectivity index (χ1) is 10.2. The molecule has 0 saturated heterocycles. The van der Waals surface area contributed by atoms with E-state index in [1.54, 1.807) is 0 Å². The number of guanidine groups is 1. The van der Waals surface area contributed by atoms with E-state index >= 15 is 0 Å². The van der Waals surface area contributed by atoms with Crippen molar-refractivity contribution in [1.29, 1.82) is 0 Å². The third kappa shape index (κ3) is 5.95. The molecule has 0 aliphatic rings. The molecule has 1 aromatic heterocycles. The zero-order valence-electron chi connectivity index (χ0n) is 13.5. The highest BCUT2D eigenvalue weighted by Gasteiger charge is 2.36. The second-order valence-corrected chi connectivity index (χ2v) is 5.48. The summed E-state index contributed by atoms with van der Waals surface area (Å²) in [5.41, 5.74) is -0.812. The first-order valence-corrected chi connectivity index (χ1v) is 7.36. The van der Waals surface area contributed by atoms with Crippen molar-refractivity contribution in [2.75, 3.05) is 13.1 Å². The topological polar surface area (TPSA) is 54.2 Å². The van der Waals surface area contributed by atoms with Gasteiger partial charge in [-0.2, -0.15) is 18.3 Å². The lowest BCUT2D eigenvalue weighted by Gasteiger charge is -2.12. The number of aliphatic imine (C=N–C) groups is 1. The predicted octanol–water partition coefficient (Wildman–Crippen LogP) is 2.54. The minimum atomic E-state index is -4.46. The van der Waals surface area contributed by atoms with E-state index in [-0.39, 0.29) is 12.1 Å². The summed E-state index contributed by atoms with van der Waals surface area (Å²) in [6, 6.07) is 0. The smallest absolute Gasteiger partial charge is 0.357 e. The van der Waals surface area contributed by atoms with Crippen LogP contribution in [0.25, 0.3) is 0 Å². The van der Waals surface area contributed by atoms with Crippen LogP contribution in [0.1, 0.15) is 38.4 Å². The van der Waals surface area contributed by atoms with Gasteiger partial charge in [-0.05, 0) is 19.3 Å². The molecule has 0 spiro atoms. The lowest BCUT2D eigenvalue weighted by molar-refractivity contribution is -0.142. The number of nitrogens with one attached hydrogen (secondary N) is 2.